The lowest BCUT2D eigenvalue weighted by Gasteiger charge is -2.25. The van der Waals surface area contributed by atoms with Crippen molar-refractivity contribution in [2.75, 3.05) is 33.2 Å². The molecule has 0 aromatic carbocycles. The molecule has 1 aliphatic heterocycles. The summed E-state index contributed by atoms with van der Waals surface area (Å²) in [7, 11) is 1.90. The monoisotopic (exact) mass is 214 g/mol. The number of nitrogens with zero attached hydrogens (tertiary/aromatic N) is 2. The van der Waals surface area contributed by atoms with Gasteiger partial charge in [-0.3, -0.25) is 9.69 Å². The highest BCUT2D eigenvalue weighted by atomic mass is 16.4. The van der Waals surface area contributed by atoms with Crippen LogP contribution in [-0.4, -0.2) is 60.1 Å². The topological polar surface area (TPSA) is 43.8 Å². The number of hydrogen-bond donors (Lipinski definition) is 1. The van der Waals surface area contributed by atoms with Crippen molar-refractivity contribution in [1.82, 2.24) is 9.80 Å². The van der Waals surface area contributed by atoms with Crippen molar-refractivity contribution < 1.29 is 9.90 Å². The van der Waals surface area contributed by atoms with E-state index in [1.54, 1.807) is 0 Å². The quantitative estimate of drug-likeness (QED) is 0.713. The molecule has 0 radical (unpaired) electrons. The third kappa shape index (κ3) is 3.80. The number of likely N-dealkylation sites (N-methyl/N-ethyl adjacent to an activating group) is 1. The molecule has 1 saturated heterocycles. The molecule has 15 heavy (non-hydrogen) atoms. The zero-order chi connectivity index (χ0) is 11.3. The molecule has 0 aromatic rings. The Morgan fingerprint density at radius 1 is 1.47 bits per heavy atom. The van der Waals surface area contributed by atoms with Crippen molar-refractivity contribution in [3.8, 4) is 0 Å². The molecule has 0 bridgehead atoms. The molecule has 1 fully saturated rings. The highest BCUT2D eigenvalue weighted by molar-refractivity contribution is 5.73. The molecule has 1 aliphatic rings. The highest BCUT2D eigenvalue weighted by Crippen LogP contribution is 2.08. The molecule has 1 N–H and O–H groups in total. The molecule has 1 rings (SSSR count). The van der Waals surface area contributed by atoms with Crippen molar-refractivity contribution >= 4 is 5.97 Å². The Morgan fingerprint density at radius 3 is 2.53 bits per heavy atom. The van der Waals surface area contributed by atoms with Crippen LogP contribution in [0, 0.1) is 0 Å². The summed E-state index contributed by atoms with van der Waals surface area (Å²) >= 11 is 0. The van der Waals surface area contributed by atoms with E-state index in [1.807, 2.05) is 18.9 Å². The number of hydrogen-bond acceptors (Lipinski definition) is 3. The summed E-state index contributed by atoms with van der Waals surface area (Å²) in [6.45, 7) is 6.13. The van der Waals surface area contributed by atoms with Crippen molar-refractivity contribution in [3.63, 3.8) is 0 Å². The van der Waals surface area contributed by atoms with Gasteiger partial charge in [-0.15, -0.1) is 0 Å². The van der Waals surface area contributed by atoms with Gasteiger partial charge in [0.05, 0.1) is 0 Å². The molecule has 0 aliphatic carbocycles. The first-order chi connectivity index (χ1) is 7.15. The number of carbonyl (C=O) groups is 1. The van der Waals surface area contributed by atoms with Gasteiger partial charge >= 0.3 is 5.97 Å². The van der Waals surface area contributed by atoms with E-state index in [0.717, 1.165) is 13.1 Å². The summed E-state index contributed by atoms with van der Waals surface area (Å²) < 4.78 is 0. The maximum atomic E-state index is 10.9. The van der Waals surface area contributed by atoms with E-state index in [9.17, 15) is 4.79 Å². The second-order valence-corrected chi connectivity index (χ2v) is 4.29. The molecule has 0 saturated carbocycles. The van der Waals surface area contributed by atoms with Gasteiger partial charge in [0.25, 0.3) is 0 Å². The minimum atomic E-state index is -0.707. The normalized spacial score (nSPS) is 19.7. The first kappa shape index (κ1) is 12.5. The van der Waals surface area contributed by atoms with Crippen LogP contribution in [0.25, 0.3) is 0 Å². The predicted molar refractivity (Wildman–Crippen MR) is 60.0 cm³/mol. The SMILES string of the molecule is CCC(C(=O)O)N(C)CCN1CCCC1. The summed E-state index contributed by atoms with van der Waals surface area (Å²) in [6.07, 6.45) is 3.26. The minimum Gasteiger partial charge on any atom is -0.480 e. The largest absolute Gasteiger partial charge is 0.480 e. The molecule has 1 atom stereocenters. The molecule has 0 spiro atoms. The molecule has 4 heteroatoms. The van der Waals surface area contributed by atoms with Gasteiger partial charge < -0.3 is 10.0 Å². The van der Waals surface area contributed by atoms with E-state index in [2.05, 4.69) is 4.90 Å². The Hall–Kier alpha value is -0.610. The standard InChI is InChI=1S/C11H22N2O2/c1-3-10(11(14)15)12(2)8-9-13-6-4-5-7-13/h10H,3-9H2,1-2H3,(H,14,15). The highest BCUT2D eigenvalue weighted by Gasteiger charge is 2.21. The van der Waals surface area contributed by atoms with Gasteiger partial charge in [0.1, 0.15) is 6.04 Å². The van der Waals surface area contributed by atoms with Crippen LogP contribution in [0.4, 0.5) is 0 Å². The number of aliphatic carboxylic acids is 1. The summed E-state index contributed by atoms with van der Waals surface area (Å²) in [5.74, 6) is -0.707. The van der Waals surface area contributed by atoms with E-state index < -0.39 is 5.97 Å². The fraction of sp³-hybridized carbons (Fsp3) is 0.909. The fourth-order valence-electron chi connectivity index (χ4n) is 2.14. The van der Waals surface area contributed by atoms with Gasteiger partial charge in [-0.05, 0) is 39.4 Å². The van der Waals surface area contributed by atoms with E-state index in [0.29, 0.717) is 6.42 Å². The summed E-state index contributed by atoms with van der Waals surface area (Å²) in [5.41, 5.74) is 0. The predicted octanol–water partition coefficient (Wildman–Crippen LogP) is 0.877. The number of likely N-dealkylation sites (tertiary alicyclic amines) is 1. The van der Waals surface area contributed by atoms with Crippen molar-refractivity contribution in [1.29, 1.82) is 0 Å². The van der Waals surface area contributed by atoms with Crippen molar-refractivity contribution in [2.45, 2.75) is 32.2 Å². The van der Waals surface area contributed by atoms with Crippen LogP contribution >= 0.6 is 0 Å². The molecular weight excluding hydrogens is 192 g/mol. The van der Waals surface area contributed by atoms with Gasteiger partial charge in [-0.2, -0.15) is 0 Å². The average Bonchev–Trinajstić information content (AvgIpc) is 2.67. The summed E-state index contributed by atoms with van der Waals surface area (Å²) in [4.78, 5) is 15.3. The number of carboxylic acids is 1. The van der Waals surface area contributed by atoms with E-state index in [-0.39, 0.29) is 6.04 Å². The molecule has 0 aromatic heterocycles. The zero-order valence-electron chi connectivity index (χ0n) is 9.78. The zero-order valence-corrected chi connectivity index (χ0v) is 9.78. The van der Waals surface area contributed by atoms with Crippen LogP contribution in [0.15, 0.2) is 0 Å². The lowest BCUT2D eigenvalue weighted by molar-refractivity contribution is -0.142. The Labute approximate surface area is 91.9 Å². The van der Waals surface area contributed by atoms with Crippen LogP contribution in [0.3, 0.4) is 0 Å². The molecular formula is C11H22N2O2. The molecule has 1 heterocycles. The van der Waals surface area contributed by atoms with Crippen LogP contribution < -0.4 is 0 Å². The fourth-order valence-corrected chi connectivity index (χ4v) is 2.14. The van der Waals surface area contributed by atoms with E-state index in [4.69, 9.17) is 5.11 Å². The third-order valence-corrected chi connectivity index (χ3v) is 3.17. The smallest absolute Gasteiger partial charge is 0.320 e. The first-order valence-electron chi connectivity index (χ1n) is 5.80. The van der Waals surface area contributed by atoms with E-state index >= 15 is 0 Å². The number of rotatable bonds is 6. The van der Waals surface area contributed by atoms with Gasteiger partial charge in [0.15, 0.2) is 0 Å². The Morgan fingerprint density at radius 2 is 2.07 bits per heavy atom. The van der Waals surface area contributed by atoms with Crippen LogP contribution in [0.1, 0.15) is 26.2 Å². The van der Waals surface area contributed by atoms with Crippen LogP contribution in [0.2, 0.25) is 0 Å². The van der Waals surface area contributed by atoms with Crippen LogP contribution in [-0.2, 0) is 4.79 Å². The van der Waals surface area contributed by atoms with Gasteiger partial charge in [0.2, 0.25) is 0 Å². The molecule has 88 valence electrons. The summed E-state index contributed by atoms with van der Waals surface area (Å²) in [6, 6.07) is -0.326. The maximum Gasteiger partial charge on any atom is 0.320 e. The minimum absolute atomic E-state index is 0.326. The molecule has 0 amide bonds. The van der Waals surface area contributed by atoms with Crippen LogP contribution in [0.5, 0.6) is 0 Å². The Bertz CT molecular complexity index is 203. The average molecular weight is 214 g/mol. The molecule has 4 nitrogen and oxygen atoms in total. The van der Waals surface area contributed by atoms with Gasteiger partial charge in [0, 0.05) is 13.1 Å². The van der Waals surface area contributed by atoms with Gasteiger partial charge in [-0.1, -0.05) is 6.92 Å². The Balaban J connectivity index is 2.26. The van der Waals surface area contributed by atoms with Crippen molar-refractivity contribution in [2.24, 2.45) is 0 Å². The lowest BCUT2D eigenvalue weighted by atomic mass is 10.2. The summed E-state index contributed by atoms with van der Waals surface area (Å²) in [5, 5.41) is 8.98. The van der Waals surface area contributed by atoms with E-state index in [1.165, 1.54) is 25.9 Å². The molecule has 1 unspecified atom stereocenters. The number of carboxylic acid groups (broad SMARTS) is 1. The van der Waals surface area contributed by atoms with Crippen molar-refractivity contribution in [3.05, 3.63) is 0 Å². The lowest BCUT2D eigenvalue weighted by Crippen LogP contribution is -2.41. The maximum absolute atomic E-state index is 10.9. The Kier molecular flexibility index (Phi) is 5.05. The van der Waals surface area contributed by atoms with Gasteiger partial charge in [-0.25, -0.2) is 0 Å². The third-order valence-electron chi connectivity index (χ3n) is 3.17. The first-order valence-corrected chi connectivity index (χ1v) is 5.80. The second kappa shape index (κ2) is 6.08. The second-order valence-electron chi connectivity index (χ2n) is 4.29.